The van der Waals surface area contributed by atoms with Gasteiger partial charge in [-0.25, -0.2) is 12.8 Å². The molecule has 0 atom stereocenters. The molecule has 0 bridgehead atoms. The number of sulfone groups is 1. The third-order valence-electron chi connectivity index (χ3n) is 5.32. The molecule has 1 saturated heterocycles. The predicted octanol–water partition coefficient (Wildman–Crippen LogP) is 4.00. The lowest BCUT2D eigenvalue weighted by Gasteiger charge is -2.32. The summed E-state index contributed by atoms with van der Waals surface area (Å²) in [7, 11) is -3.48. The van der Waals surface area contributed by atoms with Crippen LogP contribution in [0.1, 0.15) is 37.7 Å². The van der Waals surface area contributed by atoms with Gasteiger partial charge in [-0.2, -0.15) is 0 Å². The van der Waals surface area contributed by atoms with E-state index in [9.17, 15) is 17.6 Å². The smallest absolute Gasteiger partial charge is 0.222 e. The number of likely N-dealkylation sites (tertiary alicyclic amines) is 1. The summed E-state index contributed by atoms with van der Waals surface area (Å²) in [4.78, 5) is 14.3. The van der Waals surface area contributed by atoms with Crippen molar-refractivity contribution in [2.75, 3.05) is 13.1 Å². The summed E-state index contributed by atoms with van der Waals surface area (Å²) in [6.45, 7) is 0.922. The maximum atomic E-state index is 13.0. The minimum Gasteiger partial charge on any atom is -0.343 e. The fourth-order valence-corrected chi connectivity index (χ4v) is 5.37. The molecule has 1 fully saturated rings. The maximum absolute atomic E-state index is 13.0. The Morgan fingerprint density at radius 3 is 2.25 bits per heavy atom. The Hall–Kier alpha value is -2.21. The standard InChI is InChI=1S/C22H26FNO3S/c23-19-10-12-20(13-11-19)28(26,27)21-14-16-24(17-15-21)22(25)9-5-4-8-18-6-2-1-3-7-18/h1-3,6-7,10-13,21H,4-5,8-9,14-17H2. The van der Waals surface area contributed by atoms with Crippen molar-refractivity contribution in [3.05, 3.63) is 66.0 Å². The van der Waals surface area contributed by atoms with Crippen LogP contribution in [0.3, 0.4) is 0 Å². The predicted molar refractivity (Wildman–Crippen MR) is 107 cm³/mol. The van der Waals surface area contributed by atoms with Crippen LogP contribution >= 0.6 is 0 Å². The van der Waals surface area contributed by atoms with Gasteiger partial charge in [-0.3, -0.25) is 4.79 Å². The Balaban J connectivity index is 1.44. The monoisotopic (exact) mass is 403 g/mol. The molecule has 1 amide bonds. The molecule has 0 spiro atoms. The number of hydrogen-bond donors (Lipinski definition) is 0. The molecule has 0 saturated carbocycles. The zero-order chi connectivity index (χ0) is 20.0. The number of nitrogens with zero attached hydrogens (tertiary/aromatic N) is 1. The summed E-state index contributed by atoms with van der Waals surface area (Å²) >= 11 is 0. The molecule has 2 aromatic rings. The Morgan fingerprint density at radius 2 is 1.61 bits per heavy atom. The molecule has 150 valence electrons. The van der Waals surface area contributed by atoms with Gasteiger partial charge < -0.3 is 4.90 Å². The lowest BCUT2D eigenvalue weighted by molar-refractivity contribution is -0.132. The number of carbonyl (C=O) groups is 1. The van der Waals surface area contributed by atoms with E-state index < -0.39 is 20.9 Å². The van der Waals surface area contributed by atoms with E-state index in [2.05, 4.69) is 12.1 Å². The van der Waals surface area contributed by atoms with Crippen LogP contribution in [0.15, 0.2) is 59.5 Å². The summed E-state index contributed by atoms with van der Waals surface area (Å²) in [5.74, 6) is -0.350. The summed E-state index contributed by atoms with van der Waals surface area (Å²) < 4.78 is 38.4. The lowest BCUT2D eigenvalue weighted by atomic mass is 10.1. The van der Waals surface area contributed by atoms with E-state index in [1.54, 1.807) is 4.90 Å². The molecule has 1 aliphatic rings. The molecule has 0 aromatic heterocycles. The molecule has 28 heavy (non-hydrogen) atoms. The highest BCUT2D eigenvalue weighted by molar-refractivity contribution is 7.92. The highest BCUT2D eigenvalue weighted by atomic mass is 32.2. The van der Waals surface area contributed by atoms with Crippen molar-refractivity contribution in [2.24, 2.45) is 0 Å². The molecular formula is C22H26FNO3S. The quantitative estimate of drug-likeness (QED) is 0.519. The molecule has 2 aromatic carbocycles. The van der Waals surface area contributed by atoms with E-state index in [1.807, 2.05) is 18.2 Å². The normalized spacial score (nSPS) is 15.5. The number of amides is 1. The molecule has 1 heterocycles. The first kappa shape index (κ1) is 20.5. The van der Waals surface area contributed by atoms with Gasteiger partial charge in [0.2, 0.25) is 5.91 Å². The fourth-order valence-electron chi connectivity index (χ4n) is 3.64. The average molecular weight is 404 g/mol. The second kappa shape index (κ2) is 9.32. The van der Waals surface area contributed by atoms with Gasteiger partial charge in [0.25, 0.3) is 0 Å². The Morgan fingerprint density at radius 1 is 0.964 bits per heavy atom. The topological polar surface area (TPSA) is 54.5 Å². The van der Waals surface area contributed by atoms with Crippen molar-refractivity contribution in [1.82, 2.24) is 4.90 Å². The van der Waals surface area contributed by atoms with Crippen LogP contribution in [-0.2, 0) is 21.1 Å². The molecule has 3 rings (SSSR count). The van der Waals surface area contributed by atoms with Gasteiger partial charge in [0.15, 0.2) is 9.84 Å². The summed E-state index contributed by atoms with van der Waals surface area (Å²) in [5, 5.41) is -0.514. The third-order valence-corrected chi connectivity index (χ3v) is 7.60. The highest BCUT2D eigenvalue weighted by Gasteiger charge is 2.32. The number of carbonyl (C=O) groups excluding carboxylic acids is 1. The number of hydrogen-bond acceptors (Lipinski definition) is 3. The highest BCUT2D eigenvalue weighted by Crippen LogP contribution is 2.25. The van der Waals surface area contributed by atoms with Crippen molar-refractivity contribution in [3.63, 3.8) is 0 Å². The second-order valence-corrected chi connectivity index (χ2v) is 9.50. The first-order valence-corrected chi connectivity index (χ1v) is 11.3. The second-order valence-electron chi connectivity index (χ2n) is 7.27. The van der Waals surface area contributed by atoms with Crippen LogP contribution in [0.25, 0.3) is 0 Å². The summed E-state index contributed by atoms with van der Waals surface area (Å²) in [5.41, 5.74) is 1.28. The molecule has 0 radical (unpaired) electrons. The van der Waals surface area contributed by atoms with E-state index >= 15 is 0 Å². The third kappa shape index (κ3) is 5.19. The number of unbranched alkanes of at least 4 members (excludes halogenated alkanes) is 1. The van der Waals surface area contributed by atoms with Crippen molar-refractivity contribution in [3.8, 4) is 0 Å². The van der Waals surface area contributed by atoms with Crippen molar-refractivity contribution in [1.29, 1.82) is 0 Å². The van der Waals surface area contributed by atoms with Crippen LogP contribution in [0, 0.1) is 5.82 Å². The number of piperidine rings is 1. The van der Waals surface area contributed by atoms with Crippen LogP contribution < -0.4 is 0 Å². The first-order valence-electron chi connectivity index (χ1n) is 9.78. The molecule has 0 aliphatic carbocycles. The SMILES string of the molecule is O=C(CCCCc1ccccc1)N1CCC(S(=O)(=O)c2ccc(F)cc2)CC1. The average Bonchev–Trinajstić information content (AvgIpc) is 2.72. The van der Waals surface area contributed by atoms with Gasteiger partial charge in [0, 0.05) is 19.5 Å². The summed E-state index contributed by atoms with van der Waals surface area (Å²) in [6.07, 6.45) is 4.12. The van der Waals surface area contributed by atoms with Gasteiger partial charge >= 0.3 is 0 Å². The zero-order valence-electron chi connectivity index (χ0n) is 15.9. The van der Waals surface area contributed by atoms with Crippen LogP contribution in [0.5, 0.6) is 0 Å². The molecule has 1 aliphatic heterocycles. The Bertz CT molecular complexity index is 874. The maximum Gasteiger partial charge on any atom is 0.222 e. The van der Waals surface area contributed by atoms with Crippen molar-refractivity contribution >= 4 is 15.7 Å². The van der Waals surface area contributed by atoms with Gasteiger partial charge in [-0.1, -0.05) is 30.3 Å². The number of rotatable bonds is 7. The number of benzene rings is 2. The van der Waals surface area contributed by atoms with Gasteiger partial charge in [-0.05, 0) is 61.9 Å². The molecule has 4 nitrogen and oxygen atoms in total. The molecule has 0 unspecified atom stereocenters. The fraction of sp³-hybridized carbons (Fsp3) is 0.409. The molecule has 6 heteroatoms. The van der Waals surface area contributed by atoms with Crippen molar-refractivity contribution in [2.45, 2.75) is 48.7 Å². The van der Waals surface area contributed by atoms with Gasteiger partial charge in [0.1, 0.15) is 5.82 Å². The van der Waals surface area contributed by atoms with Crippen LogP contribution in [0.2, 0.25) is 0 Å². The lowest BCUT2D eigenvalue weighted by Crippen LogP contribution is -2.42. The van der Waals surface area contributed by atoms with E-state index in [1.165, 1.54) is 29.8 Å². The largest absolute Gasteiger partial charge is 0.343 e. The van der Waals surface area contributed by atoms with Crippen LogP contribution in [-0.4, -0.2) is 37.6 Å². The van der Waals surface area contributed by atoms with E-state index in [0.717, 1.165) is 19.3 Å². The van der Waals surface area contributed by atoms with Gasteiger partial charge in [0.05, 0.1) is 10.1 Å². The Labute approximate surface area is 166 Å². The molecular weight excluding hydrogens is 377 g/mol. The van der Waals surface area contributed by atoms with E-state index in [0.29, 0.717) is 32.4 Å². The van der Waals surface area contributed by atoms with Gasteiger partial charge in [-0.15, -0.1) is 0 Å². The van der Waals surface area contributed by atoms with E-state index in [-0.39, 0.29) is 10.8 Å². The zero-order valence-corrected chi connectivity index (χ0v) is 16.7. The number of aryl methyl sites for hydroxylation is 1. The van der Waals surface area contributed by atoms with Crippen LogP contribution in [0.4, 0.5) is 4.39 Å². The van der Waals surface area contributed by atoms with Crippen molar-refractivity contribution < 1.29 is 17.6 Å². The Kier molecular flexibility index (Phi) is 6.83. The first-order chi connectivity index (χ1) is 13.5. The molecule has 0 N–H and O–H groups in total. The minimum atomic E-state index is -3.48. The number of halogens is 1. The summed E-state index contributed by atoms with van der Waals surface area (Å²) in [6, 6.07) is 15.2. The van der Waals surface area contributed by atoms with E-state index in [4.69, 9.17) is 0 Å². The minimum absolute atomic E-state index is 0.102.